The Bertz CT molecular complexity index is 5160. The van der Waals surface area contributed by atoms with Crippen molar-refractivity contribution in [2.45, 2.75) is 125 Å². The second-order valence-corrected chi connectivity index (χ2v) is 32.7. The van der Waals surface area contributed by atoms with E-state index >= 15 is 8.78 Å². The maximum atomic E-state index is 15.2. The van der Waals surface area contributed by atoms with Crippen molar-refractivity contribution < 1.29 is 72.8 Å². The summed E-state index contributed by atoms with van der Waals surface area (Å²) in [6.07, 6.45) is 2.79. The molecule has 648 valence electrons. The lowest BCUT2D eigenvalue weighted by Crippen LogP contribution is -2.50. The molecular formula is C87H101Cl2F9N16O7. The van der Waals surface area contributed by atoms with Crippen LogP contribution in [0.3, 0.4) is 0 Å². The molecule has 15 rings (SSSR count). The maximum Gasteiger partial charge on any atom is 0.410 e. The van der Waals surface area contributed by atoms with Crippen LogP contribution in [0, 0.1) is 52.4 Å². The summed E-state index contributed by atoms with van der Waals surface area (Å²) in [5.74, 6) is -3.63. The van der Waals surface area contributed by atoms with Gasteiger partial charge in [0.25, 0.3) is 0 Å². The summed E-state index contributed by atoms with van der Waals surface area (Å²) in [7, 11) is 0. The van der Waals surface area contributed by atoms with Crippen LogP contribution in [-0.4, -0.2) is 199 Å². The van der Waals surface area contributed by atoms with Crippen molar-refractivity contribution in [2.24, 2.45) is 0 Å². The van der Waals surface area contributed by atoms with E-state index in [1.54, 1.807) is 58.3 Å². The quantitative estimate of drug-likeness (QED) is 0.0622. The van der Waals surface area contributed by atoms with Gasteiger partial charge >= 0.3 is 12.2 Å². The number of benzene rings is 6. The molecule has 121 heavy (non-hydrogen) atoms. The van der Waals surface area contributed by atoms with E-state index in [2.05, 4.69) is 35.2 Å². The Balaban J connectivity index is 0.000000164. The number of halogens is 11. The first-order chi connectivity index (χ1) is 57.0. The van der Waals surface area contributed by atoms with Gasteiger partial charge in [0, 0.05) is 132 Å². The van der Waals surface area contributed by atoms with Crippen molar-refractivity contribution in [1.82, 2.24) is 45.0 Å². The molecule has 2 amide bonds. The minimum absolute atomic E-state index is 0. The molecule has 0 aliphatic carbocycles. The van der Waals surface area contributed by atoms with Crippen molar-refractivity contribution in [3.8, 4) is 51.0 Å². The van der Waals surface area contributed by atoms with Crippen LogP contribution in [0.4, 0.5) is 88.9 Å². The number of nitrogens with two attached hydrogens (primary N) is 1. The molecule has 0 unspecified atom stereocenters. The summed E-state index contributed by atoms with van der Waals surface area (Å²) in [5, 5.41) is 3.16. The molecule has 9 heterocycles. The number of hydrogen-bond acceptors (Lipinski definition) is 21. The molecule has 6 aliphatic rings. The van der Waals surface area contributed by atoms with Crippen LogP contribution >= 0.6 is 24.0 Å². The van der Waals surface area contributed by atoms with E-state index in [-0.39, 0.29) is 118 Å². The molecule has 23 nitrogen and oxygen atoms in total. The Kier molecular flexibility index (Phi) is 29.4. The Labute approximate surface area is 709 Å². The number of nitrogen functional groups attached to an aromatic ring is 1. The number of nitrogens with zero attached hydrogens (tertiary/aromatic N) is 14. The minimum atomic E-state index is -0.682. The molecule has 6 aromatic carbocycles. The molecule has 3 saturated heterocycles. The summed E-state index contributed by atoms with van der Waals surface area (Å²) in [6.45, 7) is 33.1. The maximum absolute atomic E-state index is 15.2. The first-order valence-electron chi connectivity index (χ1n) is 40.0. The molecular weight excluding hydrogens is 1620 g/mol. The van der Waals surface area contributed by atoms with Gasteiger partial charge in [-0.15, -0.1) is 12.4 Å². The van der Waals surface area contributed by atoms with Gasteiger partial charge in [0.2, 0.25) is 5.28 Å². The molecule has 34 heteroatoms. The van der Waals surface area contributed by atoms with Crippen LogP contribution in [-0.2, 0) is 22.3 Å². The number of anilines is 7. The van der Waals surface area contributed by atoms with Crippen molar-refractivity contribution in [1.29, 1.82) is 0 Å². The van der Waals surface area contributed by atoms with Crippen molar-refractivity contribution in [3.63, 3.8) is 0 Å². The summed E-state index contributed by atoms with van der Waals surface area (Å²) >= 11 is 5.71. The van der Waals surface area contributed by atoms with Crippen molar-refractivity contribution in [2.75, 3.05) is 153 Å². The fraction of sp³-hybridized carbons (Fsp3) is 0.425. The predicted molar refractivity (Wildman–Crippen MR) is 453 cm³/mol. The van der Waals surface area contributed by atoms with E-state index in [0.717, 1.165) is 44.8 Å². The topological polar surface area (TPSA) is 222 Å². The lowest BCUT2D eigenvalue weighted by Gasteiger charge is -2.36. The molecule has 9 aromatic rings. The third kappa shape index (κ3) is 22.6. The summed E-state index contributed by atoms with van der Waals surface area (Å²) < 4.78 is 159. The molecule has 3 aromatic heterocycles. The van der Waals surface area contributed by atoms with E-state index in [0.29, 0.717) is 160 Å². The van der Waals surface area contributed by atoms with Crippen LogP contribution in [0.2, 0.25) is 5.28 Å². The minimum Gasteiger partial charge on any atom is -0.486 e. The highest BCUT2D eigenvalue weighted by molar-refractivity contribution is 6.28. The number of ether oxygens (including phenoxy) is 5. The number of carbonyl (C=O) groups excluding carboxylic acids is 2. The van der Waals surface area contributed by atoms with Crippen LogP contribution < -0.4 is 54.7 Å². The van der Waals surface area contributed by atoms with E-state index in [1.807, 2.05) is 119 Å². The van der Waals surface area contributed by atoms with Gasteiger partial charge in [0.05, 0.1) is 72.3 Å². The van der Waals surface area contributed by atoms with Gasteiger partial charge in [-0.3, -0.25) is 0 Å². The molecule has 0 atom stereocenters. The normalized spacial score (nSPS) is 15.3. The Hall–Kier alpha value is -11.0. The number of piperazine rings is 3. The van der Waals surface area contributed by atoms with Crippen molar-refractivity contribution in [3.05, 3.63) is 190 Å². The second kappa shape index (κ2) is 39.2. The van der Waals surface area contributed by atoms with Gasteiger partial charge in [-0.25, -0.2) is 79.0 Å². The molecule has 0 radical (unpaired) electrons. The molecule has 6 aliphatic heterocycles. The third-order valence-corrected chi connectivity index (χ3v) is 20.6. The number of rotatable bonds is 13. The van der Waals surface area contributed by atoms with Gasteiger partial charge in [0.1, 0.15) is 77.2 Å². The fourth-order valence-electron chi connectivity index (χ4n) is 14.7. The first-order valence-corrected chi connectivity index (χ1v) is 40.4. The highest BCUT2D eigenvalue weighted by Crippen LogP contribution is 2.43. The zero-order valence-corrected chi connectivity index (χ0v) is 71.2. The van der Waals surface area contributed by atoms with Gasteiger partial charge in [-0.2, -0.15) is 0 Å². The first kappa shape index (κ1) is 90.8. The number of hydrogen-bond donors (Lipinski definition) is 2. The second-order valence-electron chi connectivity index (χ2n) is 32.4. The summed E-state index contributed by atoms with van der Waals surface area (Å²) in [6, 6.07) is 23.7. The number of amides is 2. The van der Waals surface area contributed by atoms with Gasteiger partial charge < -0.3 is 73.9 Å². The van der Waals surface area contributed by atoms with Gasteiger partial charge in [-0.1, -0.05) is 12.1 Å². The number of carbonyl (C=O) groups is 2. The summed E-state index contributed by atoms with van der Waals surface area (Å²) in [5.41, 5.74) is 10.2. The number of fused-ring (bicyclic) bond motifs is 3. The van der Waals surface area contributed by atoms with Crippen LogP contribution in [0.1, 0.15) is 106 Å². The highest BCUT2D eigenvalue weighted by atomic mass is 35.5. The van der Waals surface area contributed by atoms with Crippen LogP contribution in [0.25, 0.3) is 33.8 Å². The zero-order chi connectivity index (χ0) is 86.2. The van der Waals surface area contributed by atoms with Gasteiger partial charge in [-0.05, 0) is 185 Å². The largest absolute Gasteiger partial charge is 0.486 e. The monoisotopic (exact) mass is 1720 g/mol. The van der Waals surface area contributed by atoms with Crippen molar-refractivity contribution >= 4 is 76.0 Å². The Morgan fingerprint density at radius 3 is 1.09 bits per heavy atom. The molecule has 3 fully saturated rings. The fourth-order valence-corrected chi connectivity index (χ4v) is 14.8. The van der Waals surface area contributed by atoms with E-state index in [9.17, 15) is 40.3 Å². The third-order valence-electron chi connectivity index (χ3n) is 20.5. The Morgan fingerprint density at radius 2 is 0.752 bits per heavy atom. The van der Waals surface area contributed by atoms with Crippen LogP contribution in [0.5, 0.6) is 17.2 Å². The predicted octanol–water partition coefficient (Wildman–Crippen LogP) is 16.6. The molecule has 3 N–H and O–H groups in total. The lowest BCUT2D eigenvalue weighted by atomic mass is 10.1. The van der Waals surface area contributed by atoms with E-state index in [4.69, 9.17) is 41.0 Å². The highest BCUT2D eigenvalue weighted by Gasteiger charge is 2.33. The Morgan fingerprint density at radius 1 is 0.421 bits per heavy atom. The molecule has 0 bridgehead atoms. The number of aromatic nitrogens is 6. The van der Waals surface area contributed by atoms with Gasteiger partial charge in [0.15, 0.2) is 52.2 Å². The van der Waals surface area contributed by atoms with E-state index < -0.39 is 51.9 Å². The number of nitrogens with one attached hydrogen (secondary N) is 1. The molecule has 0 spiro atoms. The SMILES string of the molecule is CC(C)(C)OC(=O)N1CCN(c2ccc(N)cc2F)CC1.CC(C)N1CCOc2c(F)cc(-c3nc(Cc4ccc(N5CCN(C(=O)OC(C)(C)C)CC5)c(F)c4)ncc3F)cc21.CC(C)N1CCOc2c(F)cc(-c3nc(Cc4ccc(N5CCNCC5)c(F)c4)ncc3F)cc21.CC(C)N1CCOc2c(F)cc(-c3nc(Cl)ncc3F)cc21.Cl. The average Bonchev–Trinajstić information content (AvgIpc) is 0.811. The average molecular weight is 1720 g/mol. The van der Waals surface area contributed by atoms with Crippen LogP contribution in [0.15, 0.2) is 110 Å². The zero-order valence-electron chi connectivity index (χ0n) is 69.7. The summed E-state index contributed by atoms with van der Waals surface area (Å²) in [4.78, 5) is 63.8. The smallest absolute Gasteiger partial charge is 0.410 e. The van der Waals surface area contributed by atoms with E-state index in [1.165, 1.54) is 36.4 Å². The standard InChI is InChI=1S/C31H36F3N5O3.C26H28F3N5O.C15H14ClF2N3O.C15H22FN3O2.ClH/c1-19(2)39-12-13-41-29-23(33)16-21(17-26(29)39)28-24(34)18-35-27(36-28)15-20-6-7-25(22(32)14-20)37-8-10-38(11-9-37)30(40)42-31(3,4)5;1-16(2)34-9-10-35-26-20(28)13-18(14-23(26)34)25-21(29)15-31-24(32-25)12-17-3-4-22(19(27)11-17)33-7-5-30-6-8-33;1-8(2)21-3-4-22-14-10(17)5-9(6-12(14)21)13-11(18)7-19-15(16)20-13;1-15(2,3)21-14(20)19-8-6-18(7-9-19)13-5-4-11(17)10-12(13)16;/h6-7,14,16-19H,8-13,15H2,1-5H3;3-4,11,13-16,30H,5-10,12H2,1-2H3;5-8H,3-4H2,1-2H3;4-5,10H,6-9,17H2,1-3H3;1H. The lowest BCUT2D eigenvalue weighted by molar-refractivity contribution is 0.0230. The molecule has 0 saturated carbocycles.